The molecule has 0 amide bonds. The van der Waals surface area contributed by atoms with Gasteiger partial charge in [0.1, 0.15) is 23.3 Å². The number of benzene rings is 1. The van der Waals surface area contributed by atoms with E-state index >= 15 is 0 Å². The number of ether oxygens (including phenoxy) is 1. The molecule has 2 aromatic rings. The molecule has 0 saturated carbocycles. The first kappa shape index (κ1) is 18.9. The van der Waals surface area contributed by atoms with Gasteiger partial charge in [-0.2, -0.15) is 4.98 Å². The minimum atomic E-state index is -1.24. The number of hydrogen-bond donors (Lipinski definition) is 3. The first-order valence-corrected chi connectivity index (χ1v) is 8.17. The lowest BCUT2D eigenvalue weighted by Gasteiger charge is -2.13. The number of nitrogens with zero attached hydrogens (tertiary/aromatic N) is 2. The number of nitrogen functional groups attached to an aromatic ring is 1. The van der Waals surface area contributed by atoms with Gasteiger partial charge in [-0.3, -0.25) is 4.57 Å². The van der Waals surface area contributed by atoms with Gasteiger partial charge in [0.2, 0.25) is 0 Å². The van der Waals surface area contributed by atoms with E-state index in [0.29, 0.717) is 5.75 Å². The molecule has 0 unspecified atom stereocenters. The smallest absolute Gasteiger partial charge is 0.351 e. The highest BCUT2D eigenvalue weighted by atomic mass is 32.2. The Morgan fingerprint density at radius 3 is 2.68 bits per heavy atom. The van der Waals surface area contributed by atoms with Gasteiger partial charge < -0.3 is 20.7 Å². The molecular weight excluding hydrogens is 353 g/mol. The maximum atomic E-state index is 12.5. The molecule has 1 aromatic heterocycles. The third-order valence-corrected chi connectivity index (χ3v) is 4.26. The van der Waals surface area contributed by atoms with Gasteiger partial charge in [-0.1, -0.05) is 12.1 Å². The van der Waals surface area contributed by atoms with Crippen LogP contribution in [0.1, 0.15) is 16.6 Å². The van der Waals surface area contributed by atoms with Crippen molar-refractivity contribution in [3.05, 3.63) is 58.4 Å². The topological polar surface area (TPSA) is 128 Å². The van der Waals surface area contributed by atoms with Gasteiger partial charge in [-0.15, -0.1) is 11.8 Å². The number of aromatic nitrogens is 2. The van der Waals surface area contributed by atoms with Crippen molar-refractivity contribution in [2.75, 3.05) is 18.1 Å². The third-order valence-electron chi connectivity index (χ3n) is 3.15. The number of aromatic carboxylic acids is 1. The quantitative estimate of drug-likeness (QED) is 0.729. The molecule has 8 nitrogen and oxygen atoms in total. The molecule has 10 heteroatoms. The molecule has 2 atom stereocenters. The van der Waals surface area contributed by atoms with Gasteiger partial charge in [0.15, 0.2) is 0 Å². The van der Waals surface area contributed by atoms with Crippen LogP contribution in [0, 0.1) is 5.82 Å². The summed E-state index contributed by atoms with van der Waals surface area (Å²) >= 11 is 1.47. The van der Waals surface area contributed by atoms with E-state index in [0.717, 1.165) is 6.07 Å². The van der Waals surface area contributed by atoms with Gasteiger partial charge in [-0.05, 0) is 18.2 Å². The largest absolute Gasteiger partial charge is 0.478 e. The number of carboxylic acid groups (broad SMARTS) is 1. The molecule has 1 aliphatic rings. The molecule has 2 heterocycles. The zero-order chi connectivity index (χ0) is 18.4. The van der Waals surface area contributed by atoms with Gasteiger partial charge in [-0.25, -0.2) is 14.0 Å². The first-order valence-electron chi connectivity index (χ1n) is 7.12. The maximum absolute atomic E-state index is 12.5. The highest BCUT2D eigenvalue weighted by molar-refractivity contribution is 8.00. The molecule has 4 N–H and O–H groups in total. The van der Waals surface area contributed by atoms with Crippen molar-refractivity contribution in [1.29, 1.82) is 0 Å². The number of nitrogens with two attached hydrogens (primary N) is 1. The Labute approximate surface area is 146 Å². The molecule has 1 aromatic carbocycles. The molecule has 0 bridgehead atoms. The Hall–Kier alpha value is -2.43. The van der Waals surface area contributed by atoms with E-state index in [2.05, 4.69) is 4.98 Å². The lowest BCUT2D eigenvalue weighted by atomic mass is 10.2. The monoisotopic (exact) mass is 369 g/mol. The summed E-state index contributed by atoms with van der Waals surface area (Å²) < 4.78 is 19.2. The molecular formula is C15H16FN3O5S. The minimum absolute atomic E-state index is 0.0572. The Balaban J connectivity index is 0.000000196. The Morgan fingerprint density at radius 1 is 1.44 bits per heavy atom. The summed E-state index contributed by atoms with van der Waals surface area (Å²) in [5, 5.41) is 17.2. The van der Waals surface area contributed by atoms with Gasteiger partial charge >= 0.3 is 11.7 Å². The highest BCUT2D eigenvalue weighted by Crippen LogP contribution is 2.30. The summed E-state index contributed by atoms with van der Waals surface area (Å²) in [5.41, 5.74) is 4.38. The number of aliphatic hydroxyl groups is 1. The molecule has 1 aliphatic heterocycles. The summed E-state index contributed by atoms with van der Waals surface area (Å²) in [5.74, 6) is -1.12. The van der Waals surface area contributed by atoms with Crippen LogP contribution in [0.15, 0.2) is 41.3 Å². The van der Waals surface area contributed by atoms with E-state index in [4.69, 9.17) is 20.7 Å². The van der Waals surface area contributed by atoms with Crippen molar-refractivity contribution in [2.24, 2.45) is 0 Å². The van der Waals surface area contributed by atoms with E-state index in [-0.39, 0.29) is 29.7 Å². The van der Waals surface area contributed by atoms with Crippen molar-refractivity contribution >= 4 is 23.5 Å². The van der Waals surface area contributed by atoms with Gasteiger partial charge in [0.25, 0.3) is 0 Å². The summed E-state index contributed by atoms with van der Waals surface area (Å²) in [4.78, 5) is 25.2. The second-order valence-corrected chi connectivity index (χ2v) is 6.06. The summed E-state index contributed by atoms with van der Waals surface area (Å²) in [6, 6.07) is 6.80. The standard InChI is InChI=1S/C8H11N3O3S.C7H5FO2/c9-5-1-2-11(8(13)10-5)6-4-15-7(3-12)14-6;8-6-4-2-1-3-5(6)7(9)10/h1-2,6-7,12H,3-4H2,(H2,9,10,13);1-4H,(H,9,10)/t6-,7+;/m1./s1. The highest BCUT2D eigenvalue weighted by Gasteiger charge is 2.27. The van der Waals surface area contributed by atoms with Crippen molar-refractivity contribution in [3.8, 4) is 0 Å². The second kappa shape index (κ2) is 8.60. The Bertz CT molecular complexity index is 801. The number of hydrogen-bond acceptors (Lipinski definition) is 7. The average molecular weight is 369 g/mol. The van der Waals surface area contributed by atoms with Crippen LogP contribution in [-0.4, -0.2) is 43.5 Å². The van der Waals surface area contributed by atoms with Crippen molar-refractivity contribution in [1.82, 2.24) is 9.55 Å². The summed E-state index contributed by atoms with van der Waals surface area (Å²) in [6.45, 7) is -0.0572. The zero-order valence-corrected chi connectivity index (χ0v) is 13.7. The number of aliphatic hydroxyl groups excluding tert-OH is 1. The van der Waals surface area contributed by atoms with Crippen LogP contribution in [0.2, 0.25) is 0 Å². The fraction of sp³-hybridized carbons (Fsp3) is 0.267. The number of carboxylic acids is 1. The fourth-order valence-corrected chi connectivity index (χ4v) is 2.90. The van der Waals surface area contributed by atoms with E-state index in [1.54, 1.807) is 12.3 Å². The maximum Gasteiger partial charge on any atom is 0.351 e. The molecule has 1 saturated heterocycles. The van der Waals surface area contributed by atoms with E-state index in [9.17, 15) is 14.0 Å². The van der Waals surface area contributed by atoms with Crippen molar-refractivity contribution in [2.45, 2.75) is 11.7 Å². The van der Waals surface area contributed by atoms with Crippen LogP contribution in [-0.2, 0) is 4.74 Å². The van der Waals surface area contributed by atoms with Crippen LogP contribution >= 0.6 is 11.8 Å². The van der Waals surface area contributed by atoms with Gasteiger partial charge in [0.05, 0.1) is 12.2 Å². The third kappa shape index (κ3) is 5.02. The average Bonchev–Trinajstić information content (AvgIpc) is 3.04. The molecule has 1 fully saturated rings. The number of halogens is 1. The molecule has 0 spiro atoms. The second-order valence-electron chi connectivity index (χ2n) is 4.86. The van der Waals surface area contributed by atoms with Crippen molar-refractivity contribution in [3.63, 3.8) is 0 Å². The van der Waals surface area contributed by atoms with Crippen molar-refractivity contribution < 1.29 is 24.1 Å². The molecule has 0 aliphatic carbocycles. The molecule has 3 rings (SSSR count). The van der Waals surface area contributed by atoms with E-state index in [1.165, 1.54) is 34.5 Å². The normalized spacial score (nSPS) is 19.1. The fourth-order valence-electron chi connectivity index (χ4n) is 1.96. The zero-order valence-electron chi connectivity index (χ0n) is 12.9. The number of carbonyl (C=O) groups is 1. The number of rotatable bonds is 3. The molecule has 0 radical (unpaired) electrons. The van der Waals surface area contributed by atoms with E-state index in [1.807, 2.05) is 0 Å². The summed E-state index contributed by atoms with van der Waals surface area (Å²) in [6.07, 6.45) is 1.18. The predicted octanol–water partition coefficient (Wildman–Crippen LogP) is 0.930. The SMILES string of the molecule is Nc1ccn([C@H]2CS[C@@H](CO)O2)c(=O)n1.O=C(O)c1ccccc1F. The Morgan fingerprint density at radius 2 is 2.16 bits per heavy atom. The van der Waals surface area contributed by atoms with Crippen LogP contribution in [0.4, 0.5) is 10.2 Å². The minimum Gasteiger partial charge on any atom is -0.478 e. The lowest BCUT2D eigenvalue weighted by Crippen LogP contribution is -2.28. The van der Waals surface area contributed by atoms with Crippen LogP contribution in [0.3, 0.4) is 0 Å². The molecule has 134 valence electrons. The number of anilines is 1. The van der Waals surface area contributed by atoms with Crippen LogP contribution in [0.25, 0.3) is 0 Å². The predicted molar refractivity (Wildman–Crippen MR) is 89.7 cm³/mol. The summed E-state index contributed by atoms with van der Waals surface area (Å²) in [7, 11) is 0. The molecule has 25 heavy (non-hydrogen) atoms. The first-order chi connectivity index (χ1) is 11.9. The van der Waals surface area contributed by atoms with Gasteiger partial charge in [0, 0.05) is 11.9 Å². The van der Waals surface area contributed by atoms with Crippen LogP contribution in [0.5, 0.6) is 0 Å². The Kier molecular flexibility index (Phi) is 6.51. The lowest BCUT2D eigenvalue weighted by molar-refractivity contribution is -0.00629. The number of thioether (sulfide) groups is 1. The van der Waals surface area contributed by atoms with E-state index < -0.39 is 17.5 Å². The van der Waals surface area contributed by atoms with Crippen LogP contribution < -0.4 is 11.4 Å².